The summed E-state index contributed by atoms with van der Waals surface area (Å²) in [6.07, 6.45) is 1.45. The van der Waals surface area contributed by atoms with Crippen molar-refractivity contribution < 1.29 is 22.7 Å². The molecule has 0 radical (unpaired) electrons. The van der Waals surface area contributed by atoms with E-state index in [1.165, 1.54) is 12.1 Å². The number of benzene rings is 1. The zero-order chi connectivity index (χ0) is 16.9. The van der Waals surface area contributed by atoms with Crippen molar-refractivity contribution in [2.45, 2.75) is 43.4 Å². The van der Waals surface area contributed by atoms with Gasteiger partial charge in [0, 0.05) is 13.2 Å². The molecule has 2 unspecified atom stereocenters. The third-order valence-corrected chi connectivity index (χ3v) is 4.53. The predicted molar refractivity (Wildman–Crippen MR) is 84.0 cm³/mol. The number of rotatable bonds is 7. The third kappa shape index (κ3) is 5.58. The highest BCUT2D eigenvalue weighted by Gasteiger charge is 2.19. The van der Waals surface area contributed by atoms with Gasteiger partial charge in [0.05, 0.1) is 17.6 Å². The molecule has 3 N–H and O–H groups in total. The number of primary sulfonamides is 1. The van der Waals surface area contributed by atoms with Crippen LogP contribution >= 0.6 is 0 Å². The van der Waals surface area contributed by atoms with Crippen LogP contribution in [0.1, 0.15) is 25.3 Å². The molecule has 0 saturated carbocycles. The van der Waals surface area contributed by atoms with Crippen molar-refractivity contribution in [2.75, 3.05) is 13.2 Å². The van der Waals surface area contributed by atoms with Crippen LogP contribution in [0.3, 0.4) is 0 Å². The normalized spacial score (nSPS) is 19.5. The average Bonchev–Trinajstić information content (AvgIpc) is 3.03. The minimum Gasteiger partial charge on any atom is -0.376 e. The van der Waals surface area contributed by atoms with Crippen molar-refractivity contribution >= 4 is 15.9 Å². The van der Waals surface area contributed by atoms with Crippen LogP contribution in [-0.4, -0.2) is 39.7 Å². The summed E-state index contributed by atoms with van der Waals surface area (Å²) in [6, 6.07) is 6.15. The van der Waals surface area contributed by atoms with E-state index in [1.807, 2.05) is 0 Å². The Balaban J connectivity index is 1.81. The van der Waals surface area contributed by atoms with Crippen LogP contribution in [0.5, 0.6) is 0 Å². The molecule has 1 aromatic rings. The van der Waals surface area contributed by atoms with E-state index in [4.69, 9.17) is 14.6 Å². The van der Waals surface area contributed by atoms with Gasteiger partial charge in [-0.25, -0.2) is 13.6 Å². The summed E-state index contributed by atoms with van der Waals surface area (Å²) in [5, 5.41) is 7.79. The van der Waals surface area contributed by atoms with E-state index in [-0.39, 0.29) is 23.5 Å². The fourth-order valence-corrected chi connectivity index (χ4v) is 2.85. The monoisotopic (exact) mass is 342 g/mol. The van der Waals surface area contributed by atoms with E-state index in [2.05, 4.69) is 5.32 Å². The standard InChI is InChI=1S/C15H22N2O5S/c1-11(22-10-13-5-3-7-21-13)15(18)17-9-12-4-2-6-14(8-12)23(16,19)20/h2,4,6,8,11,13H,3,5,7,9-10H2,1H3,(H,17,18)(H2,16,19,20). The third-order valence-electron chi connectivity index (χ3n) is 3.62. The molecule has 1 aliphatic heterocycles. The van der Waals surface area contributed by atoms with Crippen LogP contribution in [0.2, 0.25) is 0 Å². The Bertz CT molecular complexity index is 641. The van der Waals surface area contributed by atoms with Gasteiger partial charge in [0.15, 0.2) is 0 Å². The second-order valence-corrected chi connectivity index (χ2v) is 7.08. The smallest absolute Gasteiger partial charge is 0.249 e. The molecule has 1 aromatic carbocycles. The van der Waals surface area contributed by atoms with Crippen molar-refractivity contribution in [1.82, 2.24) is 5.32 Å². The molecule has 2 atom stereocenters. The lowest BCUT2D eigenvalue weighted by atomic mass is 10.2. The number of hydrogen-bond donors (Lipinski definition) is 2. The Morgan fingerprint density at radius 1 is 1.52 bits per heavy atom. The Labute approximate surface area is 136 Å². The summed E-state index contributed by atoms with van der Waals surface area (Å²) in [7, 11) is -3.75. The van der Waals surface area contributed by atoms with Gasteiger partial charge in [-0.15, -0.1) is 0 Å². The molecule has 128 valence electrons. The number of hydrogen-bond acceptors (Lipinski definition) is 5. The number of carbonyl (C=O) groups is 1. The largest absolute Gasteiger partial charge is 0.376 e. The molecule has 0 bridgehead atoms. The van der Waals surface area contributed by atoms with E-state index in [9.17, 15) is 13.2 Å². The lowest BCUT2D eigenvalue weighted by Gasteiger charge is -2.16. The van der Waals surface area contributed by atoms with E-state index in [0.717, 1.165) is 19.4 Å². The molecule has 7 nitrogen and oxygen atoms in total. The zero-order valence-corrected chi connectivity index (χ0v) is 13.8. The number of nitrogens with two attached hydrogens (primary N) is 1. The minimum absolute atomic E-state index is 0.0203. The van der Waals surface area contributed by atoms with Crippen LogP contribution in [-0.2, 0) is 30.8 Å². The van der Waals surface area contributed by atoms with Gasteiger partial charge in [-0.1, -0.05) is 12.1 Å². The van der Waals surface area contributed by atoms with E-state index < -0.39 is 16.1 Å². The Morgan fingerprint density at radius 3 is 2.96 bits per heavy atom. The van der Waals surface area contributed by atoms with Gasteiger partial charge in [0.2, 0.25) is 15.9 Å². The highest BCUT2D eigenvalue weighted by atomic mass is 32.2. The molecule has 8 heteroatoms. The fraction of sp³-hybridized carbons (Fsp3) is 0.533. The van der Waals surface area contributed by atoms with Gasteiger partial charge in [0.25, 0.3) is 0 Å². The second-order valence-electron chi connectivity index (χ2n) is 5.52. The molecule has 1 saturated heterocycles. The Kier molecular flexibility index (Phi) is 6.11. The molecule has 1 amide bonds. The first kappa shape index (κ1) is 17.9. The first-order chi connectivity index (χ1) is 10.9. The maximum absolute atomic E-state index is 12.0. The van der Waals surface area contributed by atoms with Gasteiger partial charge in [-0.05, 0) is 37.5 Å². The molecular weight excluding hydrogens is 320 g/mol. The lowest BCUT2D eigenvalue weighted by molar-refractivity contribution is -0.133. The van der Waals surface area contributed by atoms with Crippen molar-refractivity contribution in [1.29, 1.82) is 0 Å². The summed E-state index contributed by atoms with van der Waals surface area (Å²) in [6.45, 7) is 3.02. The van der Waals surface area contributed by atoms with Crippen LogP contribution < -0.4 is 10.5 Å². The van der Waals surface area contributed by atoms with Gasteiger partial charge in [-0.2, -0.15) is 0 Å². The number of sulfonamides is 1. The Hall–Kier alpha value is -1.48. The van der Waals surface area contributed by atoms with E-state index in [0.29, 0.717) is 12.2 Å². The van der Waals surface area contributed by atoms with Crippen LogP contribution in [0.15, 0.2) is 29.2 Å². The van der Waals surface area contributed by atoms with Crippen LogP contribution in [0, 0.1) is 0 Å². The van der Waals surface area contributed by atoms with Crippen molar-refractivity contribution in [3.8, 4) is 0 Å². The van der Waals surface area contributed by atoms with E-state index in [1.54, 1.807) is 19.1 Å². The summed E-state index contributed by atoms with van der Waals surface area (Å²) >= 11 is 0. The average molecular weight is 342 g/mol. The quantitative estimate of drug-likeness (QED) is 0.752. The predicted octanol–water partition coefficient (Wildman–Crippen LogP) is 0.534. The van der Waals surface area contributed by atoms with E-state index >= 15 is 0 Å². The molecule has 1 fully saturated rings. The summed E-state index contributed by atoms with van der Waals surface area (Å²) in [5.41, 5.74) is 0.649. The lowest BCUT2D eigenvalue weighted by Crippen LogP contribution is -2.35. The topological polar surface area (TPSA) is 108 Å². The summed E-state index contributed by atoms with van der Waals surface area (Å²) in [5.74, 6) is -0.260. The van der Waals surface area contributed by atoms with Crippen LogP contribution in [0.4, 0.5) is 0 Å². The van der Waals surface area contributed by atoms with Gasteiger partial charge in [-0.3, -0.25) is 4.79 Å². The minimum atomic E-state index is -3.75. The van der Waals surface area contributed by atoms with Crippen molar-refractivity contribution in [2.24, 2.45) is 5.14 Å². The SMILES string of the molecule is CC(OCC1CCCO1)C(=O)NCc1cccc(S(N)(=O)=O)c1. The highest BCUT2D eigenvalue weighted by Crippen LogP contribution is 2.13. The number of amides is 1. The molecule has 1 aliphatic rings. The molecule has 1 heterocycles. The van der Waals surface area contributed by atoms with Gasteiger partial charge >= 0.3 is 0 Å². The Morgan fingerprint density at radius 2 is 2.30 bits per heavy atom. The van der Waals surface area contributed by atoms with Gasteiger partial charge in [0.1, 0.15) is 6.10 Å². The molecule has 2 rings (SSSR count). The maximum atomic E-state index is 12.0. The van der Waals surface area contributed by atoms with Crippen molar-refractivity contribution in [3.63, 3.8) is 0 Å². The highest BCUT2D eigenvalue weighted by molar-refractivity contribution is 7.89. The molecule has 0 aromatic heterocycles. The number of nitrogens with one attached hydrogen (secondary N) is 1. The van der Waals surface area contributed by atoms with Crippen LogP contribution in [0.25, 0.3) is 0 Å². The molecule has 23 heavy (non-hydrogen) atoms. The second kappa shape index (κ2) is 7.87. The summed E-state index contributed by atoms with van der Waals surface area (Å²) in [4.78, 5) is 12.0. The van der Waals surface area contributed by atoms with Gasteiger partial charge < -0.3 is 14.8 Å². The number of carbonyl (C=O) groups excluding carboxylic acids is 1. The summed E-state index contributed by atoms with van der Waals surface area (Å²) < 4.78 is 33.5. The number of ether oxygens (including phenoxy) is 2. The molecule has 0 spiro atoms. The maximum Gasteiger partial charge on any atom is 0.249 e. The fourth-order valence-electron chi connectivity index (χ4n) is 2.27. The zero-order valence-electron chi connectivity index (χ0n) is 13.0. The first-order valence-corrected chi connectivity index (χ1v) is 9.03. The van der Waals surface area contributed by atoms with Crippen molar-refractivity contribution in [3.05, 3.63) is 29.8 Å². The molecule has 0 aliphatic carbocycles. The molecular formula is C15H22N2O5S. The first-order valence-electron chi connectivity index (χ1n) is 7.49.